The third kappa shape index (κ3) is 2.61. The number of fused-ring (bicyclic) bond motifs is 4. The Morgan fingerprint density at radius 1 is 1.08 bits per heavy atom. The zero-order chi connectivity index (χ0) is 17.5. The van der Waals surface area contributed by atoms with Gasteiger partial charge in [-0.3, -0.25) is 4.79 Å². The maximum atomic E-state index is 12.9. The van der Waals surface area contributed by atoms with Gasteiger partial charge in [0.25, 0.3) is 5.91 Å². The van der Waals surface area contributed by atoms with Gasteiger partial charge in [0.2, 0.25) is 0 Å². The van der Waals surface area contributed by atoms with Crippen molar-refractivity contribution in [1.82, 2.24) is 5.32 Å². The molecule has 1 unspecified atom stereocenters. The monoisotopic (exact) mass is 360 g/mol. The Kier molecular flexibility index (Phi) is 3.79. The van der Waals surface area contributed by atoms with E-state index in [1.165, 1.54) is 27.1 Å². The van der Waals surface area contributed by atoms with Gasteiger partial charge in [-0.25, -0.2) is 0 Å². The average molecular weight is 360 g/mol. The molecule has 0 bridgehead atoms. The third-order valence-electron chi connectivity index (χ3n) is 5.35. The molecule has 1 aliphatic heterocycles. The van der Waals surface area contributed by atoms with Gasteiger partial charge in [-0.15, -0.1) is 11.3 Å². The number of amides is 1. The highest BCUT2D eigenvalue weighted by atomic mass is 32.1. The summed E-state index contributed by atoms with van der Waals surface area (Å²) in [4.78, 5) is 15.0. The minimum atomic E-state index is 0.0450. The van der Waals surface area contributed by atoms with Gasteiger partial charge in [0.15, 0.2) is 0 Å². The molecule has 0 fully saturated rings. The second-order valence-electron chi connectivity index (χ2n) is 6.98. The molecule has 1 aromatic heterocycles. The van der Waals surface area contributed by atoms with Crippen LogP contribution < -0.4 is 10.6 Å². The number of carbonyl (C=O) groups is 1. The molecule has 0 radical (unpaired) electrons. The molecule has 1 atom stereocenters. The lowest BCUT2D eigenvalue weighted by Crippen LogP contribution is -2.30. The fourth-order valence-electron chi connectivity index (χ4n) is 4.06. The Morgan fingerprint density at radius 3 is 2.88 bits per heavy atom. The Labute approximate surface area is 157 Å². The molecule has 2 aromatic carbocycles. The molecule has 3 aromatic rings. The molecule has 26 heavy (non-hydrogen) atoms. The van der Waals surface area contributed by atoms with Crippen molar-refractivity contribution in [3.8, 4) is 10.4 Å². The summed E-state index contributed by atoms with van der Waals surface area (Å²) >= 11 is 1.60. The second-order valence-corrected chi connectivity index (χ2v) is 8.03. The van der Waals surface area contributed by atoms with E-state index in [2.05, 4.69) is 47.0 Å². The Balaban J connectivity index is 1.43. The van der Waals surface area contributed by atoms with Crippen molar-refractivity contribution in [3.05, 3.63) is 76.2 Å². The van der Waals surface area contributed by atoms with Gasteiger partial charge in [0.05, 0.1) is 10.9 Å². The Hall–Kier alpha value is -2.59. The normalized spacial score (nSPS) is 17.5. The predicted octanol–water partition coefficient (Wildman–Crippen LogP) is 5.15. The van der Waals surface area contributed by atoms with E-state index in [9.17, 15) is 4.79 Å². The van der Waals surface area contributed by atoms with Crippen LogP contribution in [0.1, 0.15) is 45.2 Å². The zero-order valence-corrected chi connectivity index (χ0v) is 15.2. The summed E-state index contributed by atoms with van der Waals surface area (Å²) in [6.07, 6.45) is 3.25. The summed E-state index contributed by atoms with van der Waals surface area (Å²) in [7, 11) is 0. The smallest absolute Gasteiger partial charge is 0.261 e. The molecule has 2 aliphatic rings. The van der Waals surface area contributed by atoms with Crippen LogP contribution in [0.5, 0.6) is 0 Å². The first-order valence-electron chi connectivity index (χ1n) is 9.14. The van der Waals surface area contributed by atoms with E-state index in [1.54, 1.807) is 11.3 Å². The van der Waals surface area contributed by atoms with Crippen LogP contribution in [-0.2, 0) is 13.0 Å². The van der Waals surface area contributed by atoms with Crippen LogP contribution in [0, 0.1) is 0 Å². The van der Waals surface area contributed by atoms with E-state index >= 15 is 0 Å². The summed E-state index contributed by atoms with van der Waals surface area (Å²) in [5.74, 6) is 0.0450. The highest BCUT2D eigenvalue weighted by Crippen LogP contribution is 2.41. The molecular weight excluding hydrogens is 340 g/mol. The Morgan fingerprint density at radius 2 is 1.92 bits per heavy atom. The van der Waals surface area contributed by atoms with E-state index in [1.807, 2.05) is 18.2 Å². The maximum Gasteiger partial charge on any atom is 0.261 e. The van der Waals surface area contributed by atoms with Gasteiger partial charge in [-0.2, -0.15) is 0 Å². The predicted molar refractivity (Wildman–Crippen MR) is 107 cm³/mol. The molecule has 5 rings (SSSR count). The molecule has 2 N–H and O–H groups in total. The quantitative estimate of drug-likeness (QED) is 0.664. The SMILES string of the molecule is O=C(NC1CCCc2ccccc21)c1cc2c(s1)-c1ccccc1NC2. The third-order valence-corrected chi connectivity index (χ3v) is 6.56. The molecule has 2 heterocycles. The molecule has 130 valence electrons. The zero-order valence-electron chi connectivity index (χ0n) is 14.4. The van der Waals surface area contributed by atoms with E-state index in [0.29, 0.717) is 0 Å². The van der Waals surface area contributed by atoms with Gasteiger partial charge < -0.3 is 10.6 Å². The summed E-state index contributed by atoms with van der Waals surface area (Å²) < 4.78 is 0. The number of benzene rings is 2. The number of hydrogen-bond donors (Lipinski definition) is 2. The van der Waals surface area contributed by atoms with E-state index in [0.717, 1.165) is 36.4 Å². The van der Waals surface area contributed by atoms with Crippen molar-refractivity contribution in [3.63, 3.8) is 0 Å². The lowest BCUT2D eigenvalue weighted by molar-refractivity contribution is 0.0937. The number of para-hydroxylation sites is 1. The molecule has 1 aliphatic carbocycles. The average Bonchev–Trinajstić information content (AvgIpc) is 3.13. The van der Waals surface area contributed by atoms with E-state index < -0.39 is 0 Å². The molecule has 0 saturated heterocycles. The largest absolute Gasteiger partial charge is 0.380 e. The van der Waals surface area contributed by atoms with Crippen molar-refractivity contribution < 1.29 is 4.79 Å². The van der Waals surface area contributed by atoms with Gasteiger partial charge in [0, 0.05) is 22.7 Å². The maximum absolute atomic E-state index is 12.9. The van der Waals surface area contributed by atoms with Crippen LogP contribution in [0.2, 0.25) is 0 Å². The first kappa shape index (κ1) is 15.6. The number of hydrogen-bond acceptors (Lipinski definition) is 3. The lowest BCUT2D eigenvalue weighted by Gasteiger charge is -2.26. The van der Waals surface area contributed by atoms with Crippen molar-refractivity contribution >= 4 is 22.9 Å². The van der Waals surface area contributed by atoms with Crippen molar-refractivity contribution in [1.29, 1.82) is 0 Å². The highest BCUT2D eigenvalue weighted by Gasteiger charge is 2.25. The number of nitrogens with one attached hydrogen (secondary N) is 2. The van der Waals surface area contributed by atoms with E-state index in [-0.39, 0.29) is 11.9 Å². The van der Waals surface area contributed by atoms with Crippen molar-refractivity contribution in [2.45, 2.75) is 31.8 Å². The van der Waals surface area contributed by atoms with Crippen molar-refractivity contribution in [2.24, 2.45) is 0 Å². The molecule has 3 nitrogen and oxygen atoms in total. The van der Waals surface area contributed by atoms with Crippen LogP contribution >= 0.6 is 11.3 Å². The van der Waals surface area contributed by atoms with Crippen LogP contribution in [0.3, 0.4) is 0 Å². The summed E-state index contributed by atoms with van der Waals surface area (Å²) in [6.45, 7) is 0.780. The molecule has 4 heteroatoms. The first-order valence-corrected chi connectivity index (χ1v) is 9.96. The minimum absolute atomic E-state index is 0.0450. The lowest BCUT2D eigenvalue weighted by atomic mass is 9.88. The topological polar surface area (TPSA) is 41.1 Å². The van der Waals surface area contributed by atoms with Crippen LogP contribution in [0.15, 0.2) is 54.6 Å². The standard InChI is InChI=1S/C22H20N2OS/c25-22(24-19-11-5-7-14-6-1-2-8-16(14)19)20-12-15-13-23-18-10-4-3-9-17(18)21(15)26-20/h1-4,6,8-10,12,19,23H,5,7,11,13H2,(H,24,25). The summed E-state index contributed by atoms with van der Waals surface area (Å²) in [5, 5.41) is 6.72. The first-order chi connectivity index (χ1) is 12.8. The van der Waals surface area contributed by atoms with Crippen LogP contribution in [-0.4, -0.2) is 5.91 Å². The van der Waals surface area contributed by atoms with E-state index in [4.69, 9.17) is 0 Å². The van der Waals surface area contributed by atoms with Crippen molar-refractivity contribution in [2.75, 3.05) is 5.32 Å². The molecular formula is C22H20N2OS. The fraction of sp³-hybridized carbons (Fsp3) is 0.227. The number of thiophene rings is 1. The number of rotatable bonds is 2. The minimum Gasteiger partial charge on any atom is -0.380 e. The van der Waals surface area contributed by atoms with Crippen LogP contribution in [0.25, 0.3) is 10.4 Å². The number of carbonyl (C=O) groups excluding carboxylic acids is 1. The molecule has 1 amide bonds. The van der Waals surface area contributed by atoms with Gasteiger partial charge in [0.1, 0.15) is 0 Å². The van der Waals surface area contributed by atoms with Gasteiger partial charge >= 0.3 is 0 Å². The summed E-state index contributed by atoms with van der Waals surface area (Å²) in [6, 6.07) is 19.0. The van der Waals surface area contributed by atoms with Crippen LogP contribution in [0.4, 0.5) is 5.69 Å². The number of aryl methyl sites for hydroxylation is 1. The molecule has 0 spiro atoms. The Bertz CT molecular complexity index is 991. The second kappa shape index (κ2) is 6.29. The number of anilines is 1. The van der Waals surface area contributed by atoms with Gasteiger partial charge in [-0.1, -0.05) is 42.5 Å². The highest BCUT2D eigenvalue weighted by molar-refractivity contribution is 7.17. The van der Waals surface area contributed by atoms with Gasteiger partial charge in [-0.05, 0) is 48.1 Å². The molecule has 0 saturated carbocycles. The summed E-state index contributed by atoms with van der Waals surface area (Å²) in [5.41, 5.74) is 6.20. The fourth-order valence-corrected chi connectivity index (χ4v) is 5.18.